The Bertz CT molecular complexity index is 797. The van der Waals surface area contributed by atoms with Crippen LogP contribution in [0.1, 0.15) is 26.3 Å². The summed E-state index contributed by atoms with van der Waals surface area (Å²) in [6.07, 6.45) is 1.60. The summed E-state index contributed by atoms with van der Waals surface area (Å²) in [5, 5.41) is 5.01. The van der Waals surface area contributed by atoms with E-state index in [2.05, 4.69) is 5.10 Å². The summed E-state index contributed by atoms with van der Waals surface area (Å²) >= 11 is 12.4. The van der Waals surface area contributed by atoms with E-state index in [1.165, 1.54) is 4.68 Å². The Morgan fingerprint density at radius 1 is 1.29 bits per heavy atom. The second kappa shape index (κ2) is 7.03. The van der Waals surface area contributed by atoms with Gasteiger partial charge in [0.1, 0.15) is 10.8 Å². The highest BCUT2D eigenvalue weighted by Gasteiger charge is 2.21. The van der Waals surface area contributed by atoms with E-state index in [-0.39, 0.29) is 10.6 Å². The highest BCUT2D eigenvalue weighted by molar-refractivity contribution is 6.33. The van der Waals surface area contributed by atoms with Gasteiger partial charge < -0.3 is 9.64 Å². The average Bonchev–Trinajstić information content (AvgIpc) is 2.48. The molecule has 0 unspecified atom stereocenters. The van der Waals surface area contributed by atoms with Crippen LogP contribution in [0.4, 0.5) is 5.69 Å². The van der Waals surface area contributed by atoms with Gasteiger partial charge in [-0.25, -0.2) is 4.68 Å². The van der Waals surface area contributed by atoms with Crippen LogP contribution in [0, 0.1) is 0 Å². The van der Waals surface area contributed by atoms with Crippen molar-refractivity contribution in [2.75, 3.05) is 19.1 Å². The third-order valence-corrected chi connectivity index (χ3v) is 4.19. The summed E-state index contributed by atoms with van der Waals surface area (Å²) in [5.74, 6) is 0.721. The Kier molecular flexibility index (Phi) is 5.45. The average molecular weight is 370 g/mol. The van der Waals surface area contributed by atoms with Crippen molar-refractivity contribution in [3.05, 3.63) is 50.4 Å². The number of anilines is 1. The van der Waals surface area contributed by atoms with Gasteiger partial charge in [-0.15, -0.1) is 0 Å². The Labute approximate surface area is 151 Å². The van der Waals surface area contributed by atoms with E-state index in [1.807, 2.05) is 44.9 Å². The van der Waals surface area contributed by atoms with Gasteiger partial charge in [0, 0.05) is 24.2 Å². The molecule has 5 nitrogen and oxygen atoms in total. The minimum Gasteiger partial charge on any atom is -0.496 e. The number of aromatic nitrogens is 2. The Balaban J connectivity index is 2.38. The van der Waals surface area contributed by atoms with Crippen molar-refractivity contribution in [2.45, 2.75) is 32.9 Å². The van der Waals surface area contributed by atoms with Gasteiger partial charge in [-0.3, -0.25) is 4.79 Å². The monoisotopic (exact) mass is 369 g/mol. The van der Waals surface area contributed by atoms with Crippen molar-refractivity contribution < 1.29 is 4.74 Å². The number of benzene rings is 1. The molecule has 2 aromatic rings. The van der Waals surface area contributed by atoms with Gasteiger partial charge in [0.05, 0.1) is 24.5 Å². The van der Waals surface area contributed by atoms with Crippen LogP contribution in [0.5, 0.6) is 5.75 Å². The minimum atomic E-state index is -0.437. The van der Waals surface area contributed by atoms with Gasteiger partial charge in [-0.1, -0.05) is 23.2 Å². The Morgan fingerprint density at radius 3 is 2.54 bits per heavy atom. The van der Waals surface area contributed by atoms with E-state index >= 15 is 0 Å². The van der Waals surface area contributed by atoms with E-state index in [9.17, 15) is 4.79 Å². The third kappa shape index (κ3) is 3.84. The molecule has 0 spiro atoms. The summed E-state index contributed by atoms with van der Waals surface area (Å²) < 4.78 is 6.74. The van der Waals surface area contributed by atoms with Gasteiger partial charge in [-0.2, -0.15) is 5.10 Å². The molecule has 7 heteroatoms. The molecule has 0 aliphatic carbocycles. The normalized spacial score (nSPS) is 11.5. The number of rotatable bonds is 4. The zero-order chi connectivity index (χ0) is 18.1. The molecule has 1 aromatic carbocycles. The number of hydrogen-bond donors (Lipinski definition) is 0. The molecule has 0 radical (unpaired) electrons. The lowest BCUT2D eigenvalue weighted by Crippen LogP contribution is -2.37. The fraction of sp³-hybridized carbons (Fsp3) is 0.412. The highest BCUT2D eigenvalue weighted by Crippen LogP contribution is 2.27. The van der Waals surface area contributed by atoms with Crippen LogP contribution >= 0.6 is 23.2 Å². The Morgan fingerprint density at radius 2 is 1.96 bits per heavy atom. The first-order valence-electron chi connectivity index (χ1n) is 7.47. The van der Waals surface area contributed by atoms with E-state index in [1.54, 1.807) is 19.4 Å². The van der Waals surface area contributed by atoms with Crippen LogP contribution in [-0.4, -0.2) is 23.9 Å². The van der Waals surface area contributed by atoms with Crippen LogP contribution in [0.25, 0.3) is 0 Å². The zero-order valence-electron chi connectivity index (χ0n) is 14.4. The molecule has 0 N–H and O–H groups in total. The summed E-state index contributed by atoms with van der Waals surface area (Å²) in [5.41, 5.74) is 0.702. The van der Waals surface area contributed by atoms with Gasteiger partial charge in [0.2, 0.25) is 0 Å². The molecule has 0 atom stereocenters. The highest BCUT2D eigenvalue weighted by atomic mass is 35.5. The first kappa shape index (κ1) is 18.6. The number of hydrogen-bond acceptors (Lipinski definition) is 4. The standard InChI is InChI=1S/C17H21Cl2N3O2/c1-17(2,3)22-16(23)15(19)13(9-20-22)21(4)10-11-8-12(18)6-7-14(11)24-5/h6-9H,10H2,1-5H3. The van der Waals surface area contributed by atoms with Crippen molar-refractivity contribution >= 4 is 28.9 Å². The second-order valence-electron chi connectivity index (χ2n) is 6.54. The molecule has 0 saturated heterocycles. The van der Waals surface area contributed by atoms with Crippen molar-refractivity contribution in [1.29, 1.82) is 0 Å². The van der Waals surface area contributed by atoms with Crippen LogP contribution in [0.2, 0.25) is 10.0 Å². The van der Waals surface area contributed by atoms with Gasteiger partial charge in [-0.05, 0) is 39.0 Å². The van der Waals surface area contributed by atoms with Crippen LogP contribution in [-0.2, 0) is 12.1 Å². The zero-order valence-corrected chi connectivity index (χ0v) is 15.9. The van der Waals surface area contributed by atoms with Crippen molar-refractivity contribution in [3.63, 3.8) is 0 Å². The third-order valence-electron chi connectivity index (χ3n) is 3.60. The van der Waals surface area contributed by atoms with Crippen LogP contribution in [0.15, 0.2) is 29.2 Å². The number of ether oxygens (including phenoxy) is 1. The van der Waals surface area contributed by atoms with E-state index in [0.717, 1.165) is 11.3 Å². The minimum absolute atomic E-state index is 0.142. The fourth-order valence-electron chi connectivity index (χ4n) is 2.38. The molecular weight excluding hydrogens is 349 g/mol. The molecular formula is C17H21Cl2N3O2. The van der Waals surface area contributed by atoms with E-state index < -0.39 is 5.54 Å². The lowest BCUT2D eigenvalue weighted by atomic mass is 10.1. The molecule has 1 heterocycles. The van der Waals surface area contributed by atoms with Gasteiger partial charge in [0.15, 0.2) is 0 Å². The predicted octanol–water partition coefficient (Wildman–Crippen LogP) is 3.95. The molecule has 0 saturated carbocycles. The molecule has 0 aliphatic rings. The molecule has 0 amide bonds. The molecule has 0 bridgehead atoms. The number of halogens is 2. The molecule has 0 aliphatic heterocycles. The molecule has 0 fully saturated rings. The van der Waals surface area contributed by atoms with Crippen molar-refractivity contribution in [2.24, 2.45) is 0 Å². The lowest BCUT2D eigenvalue weighted by Gasteiger charge is -2.25. The molecule has 130 valence electrons. The molecule has 1 aromatic heterocycles. The van der Waals surface area contributed by atoms with Crippen molar-refractivity contribution in [1.82, 2.24) is 9.78 Å². The fourth-order valence-corrected chi connectivity index (χ4v) is 2.85. The van der Waals surface area contributed by atoms with Gasteiger partial charge >= 0.3 is 0 Å². The van der Waals surface area contributed by atoms with Crippen LogP contribution < -0.4 is 15.2 Å². The maximum absolute atomic E-state index is 12.5. The Hall–Kier alpha value is -1.72. The number of nitrogens with zero attached hydrogens (tertiary/aromatic N) is 3. The maximum Gasteiger partial charge on any atom is 0.288 e. The van der Waals surface area contributed by atoms with E-state index in [0.29, 0.717) is 17.3 Å². The lowest BCUT2D eigenvalue weighted by molar-refractivity contribution is 0.338. The summed E-state index contributed by atoms with van der Waals surface area (Å²) in [6.45, 7) is 6.18. The van der Waals surface area contributed by atoms with Crippen LogP contribution in [0.3, 0.4) is 0 Å². The summed E-state index contributed by atoms with van der Waals surface area (Å²) in [4.78, 5) is 14.3. The smallest absolute Gasteiger partial charge is 0.288 e. The van der Waals surface area contributed by atoms with E-state index in [4.69, 9.17) is 27.9 Å². The van der Waals surface area contributed by atoms with Crippen molar-refractivity contribution in [3.8, 4) is 5.75 Å². The van der Waals surface area contributed by atoms with Gasteiger partial charge in [0.25, 0.3) is 5.56 Å². The molecule has 2 rings (SSSR count). The SMILES string of the molecule is COc1ccc(Cl)cc1CN(C)c1cnn(C(C)(C)C)c(=O)c1Cl. The summed E-state index contributed by atoms with van der Waals surface area (Å²) in [6, 6.07) is 5.40. The quantitative estimate of drug-likeness (QED) is 0.818. The molecule has 24 heavy (non-hydrogen) atoms. The summed E-state index contributed by atoms with van der Waals surface area (Å²) in [7, 11) is 3.44. The maximum atomic E-state index is 12.5. The second-order valence-corrected chi connectivity index (χ2v) is 7.36. The first-order chi connectivity index (χ1) is 11.1. The first-order valence-corrected chi connectivity index (χ1v) is 8.22. The number of methoxy groups -OCH3 is 1. The topological polar surface area (TPSA) is 47.4 Å². The largest absolute Gasteiger partial charge is 0.496 e. The predicted molar refractivity (Wildman–Crippen MR) is 98.6 cm³/mol.